The predicted octanol–water partition coefficient (Wildman–Crippen LogP) is 3.19. The summed E-state index contributed by atoms with van der Waals surface area (Å²) in [6.07, 6.45) is -4.70. The SMILES string of the molecule is Cc1cc(OC(F)(F)F)ccc1B1OC(C)(C)C(C)(C)O1. The zero-order valence-electron chi connectivity index (χ0n) is 12.7. The van der Waals surface area contributed by atoms with Gasteiger partial charge >= 0.3 is 13.5 Å². The van der Waals surface area contributed by atoms with Crippen molar-refractivity contribution in [2.75, 3.05) is 0 Å². The Hall–Kier alpha value is -1.21. The molecule has 3 nitrogen and oxygen atoms in total. The second-order valence-corrected chi connectivity index (χ2v) is 6.15. The van der Waals surface area contributed by atoms with Crippen LogP contribution in [0, 0.1) is 6.92 Å². The van der Waals surface area contributed by atoms with E-state index in [1.165, 1.54) is 12.1 Å². The van der Waals surface area contributed by atoms with E-state index in [-0.39, 0.29) is 5.75 Å². The quantitative estimate of drug-likeness (QED) is 0.785. The fraction of sp³-hybridized carbons (Fsp3) is 0.571. The number of aryl methyl sites for hydroxylation is 1. The summed E-state index contributed by atoms with van der Waals surface area (Å²) in [6, 6.07) is 4.13. The van der Waals surface area contributed by atoms with Crippen molar-refractivity contribution in [3.8, 4) is 5.75 Å². The summed E-state index contributed by atoms with van der Waals surface area (Å²) in [4.78, 5) is 0. The summed E-state index contributed by atoms with van der Waals surface area (Å²) in [5.74, 6) is -0.250. The molecule has 0 bridgehead atoms. The van der Waals surface area contributed by atoms with Crippen LogP contribution in [0.3, 0.4) is 0 Å². The lowest BCUT2D eigenvalue weighted by Gasteiger charge is -2.32. The van der Waals surface area contributed by atoms with E-state index in [1.807, 2.05) is 27.7 Å². The van der Waals surface area contributed by atoms with Gasteiger partial charge in [0.15, 0.2) is 0 Å². The van der Waals surface area contributed by atoms with Crippen molar-refractivity contribution in [3.05, 3.63) is 23.8 Å². The number of rotatable bonds is 2. The number of benzene rings is 1. The van der Waals surface area contributed by atoms with Gasteiger partial charge < -0.3 is 14.0 Å². The summed E-state index contributed by atoms with van der Waals surface area (Å²) < 4.78 is 52.3. The van der Waals surface area contributed by atoms with Crippen molar-refractivity contribution in [2.24, 2.45) is 0 Å². The van der Waals surface area contributed by atoms with E-state index in [9.17, 15) is 13.2 Å². The molecule has 7 heteroatoms. The van der Waals surface area contributed by atoms with E-state index in [1.54, 1.807) is 13.0 Å². The molecule has 1 aromatic carbocycles. The Kier molecular flexibility index (Phi) is 3.79. The Balaban J connectivity index is 2.23. The summed E-state index contributed by atoms with van der Waals surface area (Å²) in [5.41, 5.74) is 0.328. The number of alkyl halides is 3. The minimum Gasteiger partial charge on any atom is -0.406 e. The van der Waals surface area contributed by atoms with Crippen molar-refractivity contribution in [3.63, 3.8) is 0 Å². The first-order valence-electron chi connectivity index (χ1n) is 6.63. The predicted molar refractivity (Wildman–Crippen MR) is 73.6 cm³/mol. The van der Waals surface area contributed by atoms with Crippen LogP contribution in [-0.2, 0) is 9.31 Å². The maximum absolute atomic E-state index is 12.2. The summed E-state index contributed by atoms with van der Waals surface area (Å²) in [6.45, 7) is 9.38. The average Bonchev–Trinajstić information content (AvgIpc) is 2.45. The smallest absolute Gasteiger partial charge is 0.406 e. The highest BCUT2D eigenvalue weighted by Crippen LogP contribution is 2.37. The molecule has 1 aliphatic rings. The fourth-order valence-corrected chi connectivity index (χ4v) is 2.08. The Morgan fingerprint density at radius 3 is 2.00 bits per heavy atom. The zero-order valence-corrected chi connectivity index (χ0v) is 12.7. The minimum absolute atomic E-state index is 0.250. The van der Waals surface area contributed by atoms with Crippen LogP contribution in [0.25, 0.3) is 0 Å². The summed E-state index contributed by atoms with van der Waals surface area (Å²) in [7, 11) is -0.602. The van der Waals surface area contributed by atoms with Crippen LogP contribution < -0.4 is 10.2 Å². The Morgan fingerprint density at radius 2 is 1.57 bits per heavy atom. The lowest BCUT2D eigenvalue weighted by molar-refractivity contribution is -0.274. The van der Waals surface area contributed by atoms with Gasteiger partial charge in [-0.2, -0.15) is 0 Å². The molecule has 0 amide bonds. The molecule has 0 N–H and O–H groups in total. The third kappa shape index (κ3) is 3.35. The van der Waals surface area contributed by atoms with Gasteiger partial charge in [0, 0.05) is 0 Å². The van der Waals surface area contributed by atoms with Crippen LogP contribution in [0.5, 0.6) is 5.75 Å². The number of ether oxygens (including phenoxy) is 1. The van der Waals surface area contributed by atoms with Crippen LogP contribution >= 0.6 is 0 Å². The van der Waals surface area contributed by atoms with Gasteiger partial charge in [-0.05, 0) is 57.8 Å². The topological polar surface area (TPSA) is 27.7 Å². The highest BCUT2D eigenvalue weighted by molar-refractivity contribution is 6.62. The van der Waals surface area contributed by atoms with Crippen LogP contribution in [0.15, 0.2) is 18.2 Å². The van der Waals surface area contributed by atoms with Gasteiger partial charge in [0.05, 0.1) is 11.2 Å². The average molecular weight is 302 g/mol. The van der Waals surface area contributed by atoms with E-state index < -0.39 is 24.7 Å². The largest absolute Gasteiger partial charge is 0.573 e. The molecule has 0 saturated carbocycles. The Labute approximate surface area is 122 Å². The molecule has 0 atom stereocenters. The number of hydrogen-bond acceptors (Lipinski definition) is 3. The van der Waals surface area contributed by atoms with E-state index >= 15 is 0 Å². The second kappa shape index (κ2) is 4.92. The molecule has 0 spiro atoms. The molecule has 0 aromatic heterocycles. The van der Waals surface area contributed by atoms with Gasteiger partial charge in [0.2, 0.25) is 0 Å². The molecular weight excluding hydrogens is 284 g/mol. The van der Waals surface area contributed by atoms with E-state index in [0.717, 1.165) is 0 Å². The van der Waals surface area contributed by atoms with Crippen molar-refractivity contribution in [1.29, 1.82) is 0 Å². The van der Waals surface area contributed by atoms with Crippen molar-refractivity contribution >= 4 is 12.6 Å². The van der Waals surface area contributed by atoms with Gasteiger partial charge in [0.25, 0.3) is 0 Å². The van der Waals surface area contributed by atoms with Gasteiger partial charge in [0.1, 0.15) is 5.75 Å². The molecular formula is C14H18BF3O3. The molecule has 1 aromatic rings. The van der Waals surface area contributed by atoms with Crippen LogP contribution in [0.4, 0.5) is 13.2 Å². The van der Waals surface area contributed by atoms with E-state index in [4.69, 9.17) is 9.31 Å². The Morgan fingerprint density at radius 1 is 1.05 bits per heavy atom. The maximum atomic E-state index is 12.2. The molecule has 0 unspecified atom stereocenters. The molecule has 1 aliphatic heterocycles. The third-order valence-electron chi connectivity index (χ3n) is 3.98. The summed E-state index contributed by atoms with van der Waals surface area (Å²) in [5, 5.41) is 0. The van der Waals surface area contributed by atoms with Gasteiger partial charge in [-0.3, -0.25) is 0 Å². The molecule has 21 heavy (non-hydrogen) atoms. The molecule has 1 heterocycles. The molecule has 0 aliphatic carbocycles. The van der Waals surface area contributed by atoms with Gasteiger partial charge in [-0.1, -0.05) is 6.07 Å². The van der Waals surface area contributed by atoms with Crippen LogP contribution in [-0.4, -0.2) is 24.7 Å². The zero-order chi connectivity index (χ0) is 16.1. The molecule has 2 rings (SSSR count). The summed E-state index contributed by atoms with van der Waals surface area (Å²) >= 11 is 0. The van der Waals surface area contributed by atoms with E-state index in [0.29, 0.717) is 11.0 Å². The normalized spacial score (nSPS) is 20.7. The minimum atomic E-state index is -4.70. The highest BCUT2D eigenvalue weighted by Gasteiger charge is 2.52. The second-order valence-electron chi connectivity index (χ2n) is 6.15. The first-order valence-corrected chi connectivity index (χ1v) is 6.63. The highest BCUT2D eigenvalue weighted by atomic mass is 19.4. The van der Waals surface area contributed by atoms with E-state index in [2.05, 4.69) is 4.74 Å². The van der Waals surface area contributed by atoms with Gasteiger partial charge in [-0.15, -0.1) is 13.2 Å². The lowest BCUT2D eigenvalue weighted by Crippen LogP contribution is -2.41. The first kappa shape index (κ1) is 16.2. The molecule has 1 saturated heterocycles. The Bertz CT molecular complexity index is 525. The van der Waals surface area contributed by atoms with Crippen LogP contribution in [0.2, 0.25) is 0 Å². The molecule has 1 fully saturated rings. The van der Waals surface area contributed by atoms with Crippen molar-refractivity contribution in [2.45, 2.75) is 52.2 Å². The molecule has 0 radical (unpaired) electrons. The fourth-order valence-electron chi connectivity index (χ4n) is 2.08. The number of hydrogen-bond donors (Lipinski definition) is 0. The van der Waals surface area contributed by atoms with Gasteiger partial charge in [-0.25, -0.2) is 0 Å². The number of halogens is 3. The molecule has 116 valence electrons. The van der Waals surface area contributed by atoms with Crippen molar-refractivity contribution < 1.29 is 27.2 Å². The third-order valence-corrected chi connectivity index (χ3v) is 3.98. The van der Waals surface area contributed by atoms with Crippen LogP contribution in [0.1, 0.15) is 33.3 Å². The standard InChI is InChI=1S/C14H18BF3O3/c1-9-8-10(19-14(16,17)18)6-7-11(9)15-20-12(2,3)13(4,5)21-15/h6-8H,1-5H3. The monoisotopic (exact) mass is 302 g/mol. The van der Waals surface area contributed by atoms with Crippen molar-refractivity contribution in [1.82, 2.24) is 0 Å². The first-order chi connectivity index (χ1) is 9.41. The lowest BCUT2D eigenvalue weighted by atomic mass is 9.76. The maximum Gasteiger partial charge on any atom is 0.573 e.